The number of halogens is 1. The number of rotatable bonds is 4. The molecule has 2 saturated heterocycles. The number of nitrogen functional groups attached to an aromatic ring is 1. The van der Waals surface area contributed by atoms with Crippen LogP contribution in [0.15, 0.2) is 30.9 Å². The Kier molecular flexibility index (Phi) is 4.63. The molecule has 1 aromatic carbocycles. The Morgan fingerprint density at radius 1 is 1.27 bits per heavy atom. The molecule has 0 amide bonds. The summed E-state index contributed by atoms with van der Waals surface area (Å²) in [6, 6.07) is 4.16. The Balaban J connectivity index is 1.39. The predicted molar refractivity (Wildman–Crippen MR) is 108 cm³/mol. The van der Waals surface area contributed by atoms with E-state index in [0.717, 1.165) is 0 Å². The van der Waals surface area contributed by atoms with Crippen molar-refractivity contribution in [2.75, 3.05) is 12.3 Å². The van der Waals surface area contributed by atoms with E-state index < -0.39 is 51.5 Å². The third-order valence-corrected chi connectivity index (χ3v) is 6.46. The molecule has 0 bridgehead atoms. The van der Waals surface area contributed by atoms with E-state index in [1.807, 2.05) is 0 Å². The number of hydrogen-bond acceptors (Lipinski definition) is 10. The van der Waals surface area contributed by atoms with Crippen LogP contribution in [0.2, 0.25) is 0 Å². The molecule has 1 unspecified atom stereocenters. The maximum absolute atomic E-state index is 13.7. The highest BCUT2D eigenvalue weighted by Crippen LogP contribution is 2.46. The number of aromatic nitrogens is 4. The van der Waals surface area contributed by atoms with Gasteiger partial charge in [-0.2, -0.15) is 0 Å². The Morgan fingerprint density at radius 3 is 2.91 bits per heavy atom. The van der Waals surface area contributed by atoms with Crippen molar-refractivity contribution in [3.63, 3.8) is 0 Å². The molecule has 13 nitrogen and oxygen atoms in total. The van der Waals surface area contributed by atoms with Gasteiger partial charge in [0.15, 0.2) is 17.7 Å². The summed E-state index contributed by atoms with van der Waals surface area (Å²) >= 11 is 0. The number of phosphoric ester groups is 1. The molecular formula is C17H17BFN5O8P-. The summed E-state index contributed by atoms with van der Waals surface area (Å²) in [7, 11) is -4.77. The summed E-state index contributed by atoms with van der Waals surface area (Å²) in [5.74, 6) is -0.242. The van der Waals surface area contributed by atoms with Crippen molar-refractivity contribution < 1.29 is 42.0 Å². The van der Waals surface area contributed by atoms with E-state index in [-0.39, 0.29) is 12.4 Å². The zero-order valence-electron chi connectivity index (χ0n) is 16.7. The number of anilines is 1. The third-order valence-electron chi connectivity index (χ3n) is 5.97. The number of nitrogens with two attached hydrogens (primary N) is 1. The van der Waals surface area contributed by atoms with Crippen LogP contribution in [0.1, 0.15) is 11.8 Å². The monoisotopic (exact) mass is 480 g/mol. The molecule has 2 aromatic heterocycles. The average Bonchev–Trinajstić information content (AvgIpc) is 3.50. The minimum atomic E-state index is -4.77. The lowest BCUT2D eigenvalue weighted by Gasteiger charge is -2.34. The number of imidazole rings is 1. The fourth-order valence-corrected chi connectivity index (χ4v) is 4.95. The van der Waals surface area contributed by atoms with Gasteiger partial charge >= 0.3 is 14.6 Å². The van der Waals surface area contributed by atoms with E-state index in [0.29, 0.717) is 22.2 Å². The molecule has 0 aliphatic carbocycles. The van der Waals surface area contributed by atoms with Gasteiger partial charge in [-0.05, 0) is 12.1 Å². The van der Waals surface area contributed by atoms with Gasteiger partial charge in [0.1, 0.15) is 23.8 Å². The summed E-state index contributed by atoms with van der Waals surface area (Å²) in [6.07, 6.45) is -0.690. The minimum Gasteiger partial charge on any atom is -0.537 e. The van der Waals surface area contributed by atoms with Gasteiger partial charge in [-0.25, -0.2) is 23.9 Å². The molecule has 33 heavy (non-hydrogen) atoms. The van der Waals surface area contributed by atoms with Crippen molar-refractivity contribution in [2.24, 2.45) is 0 Å². The van der Waals surface area contributed by atoms with Crippen LogP contribution in [0, 0.1) is 5.82 Å². The molecule has 6 rings (SSSR count). The van der Waals surface area contributed by atoms with Gasteiger partial charge in [0.05, 0.1) is 25.1 Å². The molecule has 5 atom stereocenters. The van der Waals surface area contributed by atoms with Crippen LogP contribution in [0.4, 0.5) is 10.2 Å². The molecule has 3 aliphatic heterocycles. The summed E-state index contributed by atoms with van der Waals surface area (Å²) < 4.78 is 55.6. The number of ether oxygens (including phenoxy) is 1. The quantitative estimate of drug-likeness (QED) is 0.330. The Bertz CT molecular complexity index is 1310. The Morgan fingerprint density at radius 2 is 2.09 bits per heavy atom. The zero-order chi connectivity index (χ0) is 23.0. The first-order valence-corrected chi connectivity index (χ1v) is 11.5. The molecule has 2 fully saturated rings. The fourth-order valence-electron chi connectivity index (χ4n) is 4.61. The molecule has 3 aliphatic rings. The van der Waals surface area contributed by atoms with Crippen LogP contribution in [0.3, 0.4) is 0 Å². The first-order chi connectivity index (χ1) is 15.7. The molecule has 3 aromatic rings. The van der Waals surface area contributed by atoms with E-state index in [1.54, 1.807) is 4.57 Å². The zero-order valence-corrected chi connectivity index (χ0v) is 17.6. The van der Waals surface area contributed by atoms with Crippen LogP contribution in [0.5, 0.6) is 0 Å². The van der Waals surface area contributed by atoms with Crippen LogP contribution < -0.4 is 11.2 Å². The van der Waals surface area contributed by atoms with E-state index in [2.05, 4.69) is 19.5 Å². The van der Waals surface area contributed by atoms with E-state index in [1.165, 1.54) is 30.9 Å². The first-order valence-electron chi connectivity index (χ1n) is 9.94. The topological polar surface area (TPSA) is 173 Å². The summed E-state index contributed by atoms with van der Waals surface area (Å²) in [4.78, 5) is 30.7. The lowest BCUT2D eigenvalue weighted by atomic mass is 9.70. The SMILES string of the molecule is Nc1ncnc2c1ncn2[C@@H]1O[C@H](COP(=O)(O)O)[C@H]2O[B-]3(OCc4cc(F)ccc43)O[C@H]21. The van der Waals surface area contributed by atoms with Crippen LogP contribution in [-0.4, -0.2) is 61.0 Å². The maximum Gasteiger partial charge on any atom is 0.469 e. The number of fused-ring (bicyclic) bond motifs is 4. The summed E-state index contributed by atoms with van der Waals surface area (Å²) in [6.45, 7) is -2.84. The highest BCUT2D eigenvalue weighted by Gasteiger charge is 2.58. The fraction of sp³-hybridized carbons (Fsp3) is 0.353. The highest BCUT2D eigenvalue weighted by atomic mass is 31.2. The van der Waals surface area contributed by atoms with Crippen molar-refractivity contribution in [2.45, 2.75) is 31.1 Å². The second-order valence-corrected chi connectivity index (χ2v) is 9.17. The van der Waals surface area contributed by atoms with Gasteiger partial charge in [0.2, 0.25) is 0 Å². The maximum atomic E-state index is 13.7. The predicted octanol–water partition coefficient (Wildman–Crippen LogP) is -0.285. The molecular weight excluding hydrogens is 463 g/mol. The van der Waals surface area contributed by atoms with Crippen LogP contribution in [-0.2, 0) is 34.4 Å². The van der Waals surface area contributed by atoms with E-state index >= 15 is 0 Å². The van der Waals surface area contributed by atoms with Gasteiger partial charge in [0, 0.05) is 6.61 Å². The minimum absolute atomic E-state index is 0.0828. The highest BCUT2D eigenvalue weighted by molar-refractivity contribution is 7.46. The largest absolute Gasteiger partial charge is 0.537 e. The van der Waals surface area contributed by atoms with Crippen molar-refractivity contribution in [1.82, 2.24) is 19.5 Å². The van der Waals surface area contributed by atoms with Crippen LogP contribution >= 0.6 is 7.82 Å². The molecule has 0 saturated carbocycles. The van der Waals surface area contributed by atoms with Gasteiger partial charge in [0.25, 0.3) is 0 Å². The lowest BCUT2D eigenvalue weighted by Crippen LogP contribution is -2.51. The molecule has 4 N–H and O–H groups in total. The molecule has 0 radical (unpaired) electrons. The molecule has 16 heteroatoms. The Hall–Kier alpha value is -2.49. The van der Waals surface area contributed by atoms with Gasteiger partial charge in [-0.1, -0.05) is 11.6 Å². The Labute approximate surface area is 184 Å². The van der Waals surface area contributed by atoms with Gasteiger partial charge in [-0.15, -0.1) is 5.46 Å². The number of nitrogens with zero attached hydrogens (tertiary/aromatic N) is 4. The summed E-state index contributed by atoms with van der Waals surface area (Å²) in [5, 5.41) is 0. The van der Waals surface area contributed by atoms with Gasteiger partial charge in [-0.3, -0.25) is 9.09 Å². The first kappa shape index (κ1) is 21.1. The van der Waals surface area contributed by atoms with Crippen LogP contribution in [0.25, 0.3) is 11.2 Å². The normalized spacial score (nSPS) is 30.9. The smallest absolute Gasteiger partial charge is 0.469 e. The number of benzene rings is 1. The lowest BCUT2D eigenvalue weighted by molar-refractivity contribution is -0.0664. The van der Waals surface area contributed by atoms with E-state index in [4.69, 9.17) is 34.2 Å². The average molecular weight is 480 g/mol. The number of hydrogen-bond donors (Lipinski definition) is 3. The molecule has 174 valence electrons. The number of phosphoric acid groups is 1. The third kappa shape index (κ3) is 3.36. The molecule has 5 heterocycles. The van der Waals surface area contributed by atoms with Crippen molar-refractivity contribution >= 4 is 37.0 Å². The van der Waals surface area contributed by atoms with Crippen molar-refractivity contribution in [3.8, 4) is 0 Å². The standard InChI is InChI=1S/C17H17BFN5O8P/c19-9-1-2-10-8(3-9)4-28-18(10)31-13-11(5-29-33(25,26)27)30-17(14(13)32-18)24-7-23-12-15(20)21-6-22-16(12)24/h1-3,6-7,11,13-14,17H,4-5H2,(H2,20,21,22)(H2,25,26,27)/q-1/t11-,13-,14-,17-,18?/m1/s1. The van der Waals surface area contributed by atoms with Crippen molar-refractivity contribution in [3.05, 3.63) is 42.2 Å². The van der Waals surface area contributed by atoms with Crippen molar-refractivity contribution in [1.29, 1.82) is 0 Å². The van der Waals surface area contributed by atoms with Gasteiger partial charge < -0.3 is 34.2 Å². The van der Waals surface area contributed by atoms with E-state index in [9.17, 15) is 8.96 Å². The second-order valence-electron chi connectivity index (χ2n) is 7.93. The second kappa shape index (κ2) is 7.25. The summed E-state index contributed by atoms with van der Waals surface area (Å²) in [5.41, 5.74) is 7.75. The molecule has 1 spiro atoms.